The molecule has 2 atom stereocenters. The van der Waals surface area contributed by atoms with Crippen LogP contribution in [0.2, 0.25) is 0 Å². The highest BCUT2D eigenvalue weighted by Gasteiger charge is 2.27. The fourth-order valence-electron chi connectivity index (χ4n) is 5.12. The molecule has 0 saturated heterocycles. The number of benzene rings is 1. The molecule has 1 aromatic carbocycles. The summed E-state index contributed by atoms with van der Waals surface area (Å²) in [6, 6.07) is 3.14. The summed E-state index contributed by atoms with van der Waals surface area (Å²) < 4.78 is 31.1. The second-order valence-electron chi connectivity index (χ2n) is 10.3. The lowest BCUT2D eigenvalue weighted by Gasteiger charge is -2.33. The minimum Gasteiger partial charge on any atom is -0.476 e. The first-order chi connectivity index (χ1) is 18.7. The number of hydrogen-bond donors (Lipinski definition) is 2. The van der Waals surface area contributed by atoms with E-state index in [9.17, 15) is 5.11 Å². The smallest absolute Gasteiger partial charge is 0.240 e. The molecule has 0 spiro atoms. The van der Waals surface area contributed by atoms with Crippen LogP contribution in [0, 0.1) is 5.82 Å². The van der Waals surface area contributed by atoms with E-state index in [0.717, 1.165) is 16.6 Å². The Kier molecular flexibility index (Phi) is 7.46. The number of H-pyrrole nitrogens is 1. The van der Waals surface area contributed by atoms with Crippen molar-refractivity contribution >= 4 is 23.1 Å². The van der Waals surface area contributed by atoms with E-state index in [4.69, 9.17) is 14.6 Å². The lowest BCUT2D eigenvalue weighted by atomic mass is 10.0. The number of fused-ring (bicyclic) bond motifs is 4. The summed E-state index contributed by atoms with van der Waals surface area (Å²) >= 11 is 0. The van der Waals surface area contributed by atoms with Crippen molar-refractivity contribution < 1.29 is 19.0 Å². The predicted octanol–water partition coefficient (Wildman–Crippen LogP) is 4.41. The van der Waals surface area contributed by atoms with Gasteiger partial charge in [-0.15, -0.1) is 5.10 Å². The molecule has 0 unspecified atom stereocenters. The van der Waals surface area contributed by atoms with Crippen molar-refractivity contribution in [3.05, 3.63) is 41.1 Å². The summed E-state index contributed by atoms with van der Waals surface area (Å²) in [5.41, 5.74) is 3.95. The molecule has 0 amide bonds. The van der Waals surface area contributed by atoms with Gasteiger partial charge in [-0.1, -0.05) is 0 Å². The summed E-state index contributed by atoms with van der Waals surface area (Å²) in [5.74, 6) is 0.601. The van der Waals surface area contributed by atoms with Crippen molar-refractivity contribution in [3.8, 4) is 22.9 Å². The molecule has 4 heterocycles. The van der Waals surface area contributed by atoms with Gasteiger partial charge in [-0.3, -0.25) is 14.7 Å². The van der Waals surface area contributed by atoms with E-state index in [-0.39, 0.29) is 30.5 Å². The van der Waals surface area contributed by atoms with Gasteiger partial charge >= 0.3 is 0 Å². The number of nitrogens with one attached hydrogen (secondary N) is 1. The molecule has 10 nitrogen and oxygen atoms in total. The number of aliphatic hydroxyl groups excluding tert-OH is 1. The van der Waals surface area contributed by atoms with Gasteiger partial charge in [0.1, 0.15) is 12.4 Å². The first-order valence-electron chi connectivity index (χ1n) is 13.3. The van der Waals surface area contributed by atoms with Crippen molar-refractivity contribution in [2.24, 2.45) is 7.05 Å². The lowest BCUT2D eigenvalue weighted by molar-refractivity contribution is 0.100. The minimum atomic E-state index is -0.388. The van der Waals surface area contributed by atoms with Crippen LogP contribution in [0.1, 0.15) is 57.6 Å². The average Bonchev–Trinajstić information content (AvgIpc) is 3.57. The highest BCUT2D eigenvalue weighted by atomic mass is 19.1. The van der Waals surface area contributed by atoms with Gasteiger partial charge in [0.25, 0.3) is 0 Å². The molecule has 39 heavy (non-hydrogen) atoms. The maximum absolute atomic E-state index is 15.3. The molecule has 3 aromatic heterocycles. The second-order valence-corrected chi connectivity index (χ2v) is 10.3. The third-order valence-electron chi connectivity index (χ3n) is 7.26. The van der Waals surface area contributed by atoms with Gasteiger partial charge in [0.2, 0.25) is 11.8 Å². The van der Waals surface area contributed by atoms with Gasteiger partial charge in [0.15, 0.2) is 0 Å². The number of rotatable bonds is 5. The Bertz CT molecular complexity index is 1500. The van der Waals surface area contributed by atoms with Gasteiger partial charge in [0.05, 0.1) is 53.5 Å². The van der Waals surface area contributed by atoms with E-state index >= 15 is 4.39 Å². The summed E-state index contributed by atoms with van der Waals surface area (Å²) in [7, 11) is 1.79. The third kappa shape index (κ3) is 4.92. The van der Waals surface area contributed by atoms with Crippen molar-refractivity contribution in [1.82, 2.24) is 34.7 Å². The standard InChI is InChI=1S/C28H36FN7O3/c1-7-38-27-19-8-9-24-21-10-20(23(29)11-25(21)32-31-24)22-12-30-34(6)28(22)39-15-18(5)35(16(2)3)13-26(19)36(33-27)17(4)14-37/h8-12,16-18,37H,7,13-15H2,1-6H3,(H,31,32)/b9-8+/t17-,18-/m0/s1. The van der Waals surface area contributed by atoms with Crippen LogP contribution < -0.4 is 9.47 Å². The summed E-state index contributed by atoms with van der Waals surface area (Å²) in [4.78, 5) is 2.31. The zero-order valence-corrected chi connectivity index (χ0v) is 23.3. The SMILES string of the molecule is CCOc1nn([C@@H](C)CO)c2c1/C=C/c1n[nH]c3cc(F)c(cc13)-c1cnn(C)c1OC[C@H](C)N(C(C)C)C2. The van der Waals surface area contributed by atoms with E-state index in [2.05, 4.69) is 41.0 Å². The zero-order chi connectivity index (χ0) is 27.8. The Balaban J connectivity index is 1.75. The minimum absolute atomic E-state index is 0.0129. The van der Waals surface area contributed by atoms with Gasteiger partial charge in [-0.2, -0.15) is 10.2 Å². The van der Waals surface area contributed by atoms with Gasteiger partial charge in [-0.25, -0.2) is 9.07 Å². The maximum atomic E-state index is 15.3. The average molecular weight is 538 g/mol. The summed E-state index contributed by atoms with van der Waals surface area (Å²) in [6.45, 7) is 11.5. The highest BCUT2D eigenvalue weighted by Crippen LogP contribution is 2.36. The van der Waals surface area contributed by atoms with Crippen LogP contribution in [-0.2, 0) is 13.6 Å². The number of hydrogen-bond acceptors (Lipinski definition) is 7. The molecular formula is C28H36FN7O3. The number of nitrogens with zero attached hydrogens (tertiary/aromatic N) is 6. The quantitative estimate of drug-likeness (QED) is 0.388. The van der Waals surface area contributed by atoms with Crippen LogP contribution in [0.5, 0.6) is 11.8 Å². The molecular weight excluding hydrogens is 501 g/mol. The van der Waals surface area contributed by atoms with Gasteiger partial charge in [0, 0.05) is 42.7 Å². The molecule has 208 valence electrons. The van der Waals surface area contributed by atoms with E-state index in [1.165, 1.54) is 6.07 Å². The van der Waals surface area contributed by atoms with Crippen molar-refractivity contribution in [2.45, 2.75) is 59.3 Å². The fourth-order valence-corrected chi connectivity index (χ4v) is 5.12. The number of aromatic nitrogens is 6. The van der Waals surface area contributed by atoms with Crippen LogP contribution in [0.4, 0.5) is 4.39 Å². The first kappa shape index (κ1) is 26.9. The Morgan fingerprint density at radius 1 is 1.23 bits per heavy atom. The first-order valence-corrected chi connectivity index (χ1v) is 13.3. The zero-order valence-electron chi connectivity index (χ0n) is 23.3. The number of aromatic amines is 1. The van der Waals surface area contributed by atoms with Crippen LogP contribution >= 0.6 is 0 Å². The Morgan fingerprint density at radius 3 is 2.74 bits per heavy atom. The van der Waals surface area contributed by atoms with Crippen LogP contribution in [0.3, 0.4) is 0 Å². The molecule has 2 bridgehead atoms. The van der Waals surface area contributed by atoms with Crippen molar-refractivity contribution in [3.63, 3.8) is 0 Å². The highest BCUT2D eigenvalue weighted by molar-refractivity contribution is 5.93. The van der Waals surface area contributed by atoms with Crippen LogP contribution in [0.25, 0.3) is 34.2 Å². The normalized spacial score (nSPS) is 17.9. The summed E-state index contributed by atoms with van der Waals surface area (Å²) in [5, 5.41) is 27.3. The van der Waals surface area contributed by atoms with Crippen LogP contribution in [-0.4, -0.2) is 71.7 Å². The molecule has 0 saturated carbocycles. The second kappa shape index (κ2) is 10.8. The Labute approximate surface area is 227 Å². The maximum Gasteiger partial charge on any atom is 0.240 e. The number of ether oxygens (including phenoxy) is 2. The number of halogens is 1. The van der Waals surface area contributed by atoms with Gasteiger partial charge in [-0.05, 0) is 52.8 Å². The molecule has 0 fully saturated rings. The largest absolute Gasteiger partial charge is 0.476 e. The Hall–Kier alpha value is -3.70. The van der Waals surface area contributed by atoms with Crippen molar-refractivity contribution in [2.75, 3.05) is 19.8 Å². The van der Waals surface area contributed by atoms with Crippen LogP contribution in [0.15, 0.2) is 18.3 Å². The molecule has 11 heteroatoms. The predicted molar refractivity (Wildman–Crippen MR) is 148 cm³/mol. The molecule has 2 N–H and O–H groups in total. The molecule has 4 aromatic rings. The van der Waals surface area contributed by atoms with E-state index in [1.807, 2.05) is 30.7 Å². The molecule has 5 rings (SSSR count). The molecule has 0 aliphatic carbocycles. The van der Waals surface area contributed by atoms with E-state index in [1.54, 1.807) is 24.0 Å². The lowest BCUT2D eigenvalue weighted by Crippen LogP contribution is -2.42. The number of aliphatic hydroxyl groups is 1. The van der Waals surface area contributed by atoms with E-state index in [0.29, 0.717) is 53.9 Å². The molecule has 0 radical (unpaired) electrons. The van der Waals surface area contributed by atoms with E-state index < -0.39 is 0 Å². The fraction of sp³-hybridized carbons (Fsp3) is 0.464. The third-order valence-corrected chi connectivity index (χ3v) is 7.26. The monoisotopic (exact) mass is 537 g/mol. The molecule has 1 aliphatic heterocycles. The molecule has 1 aliphatic rings. The summed E-state index contributed by atoms with van der Waals surface area (Å²) in [6.07, 6.45) is 5.47. The van der Waals surface area contributed by atoms with Gasteiger partial charge < -0.3 is 14.6 Å². The number of aryl methyl sites for hydroxylation is 1. The van der Waals surface area contributed by atoms with Crippen molar-refractivity contribution in [1.29, 1.82) is 0 Å². The Morgan fingerprint density at radius 2 is 2.03 bits per heavy atom. The topological polar surface area (TPSA) is 106 Å².